The minimum Gasteiger partial charge on any atom is -0.444 e. The molecule has 25 heavy (non-hydrogen) atoms. The Kier molecular flexibility index (Phi) is 6.04. The zero-order valence-corrected chi connectivity index (χ0v) is 14.7. The average molecular weight is 338 g/mol. The topological polar surface area (TPSA) is 51.2 Å². The van der Waals surface area contributed by atoms with Crippen LogP contribution in [-0.2, 0) is 4.74 Å². The summed E-state index contributed by atoms with van der Waals surface area (Å²) in [5, 5.41) is 2.76. The summed E-state index contributed by atoms with van der Waals surface area (Å²) in [7, 11) is 0. The molecule has 1 aliphatic heterocycles. The first-order valence-electron chi connectivity index (χ1n) is 9.16. The van der Waals surface area contributed by atoms with E-state index in [0.29, 0.717) is 0 Å². The van der Waals surface area contributed by atoms with E-state index < -0.39 is 0 Å². The first kappa shape index (κ1) is 17.5. The molecule has 1 saturated heterocycles. The Balaban J connectivity index is 0.000000146. The molecule has 2 atom stereocenters. The van der Waals surface area contributed by atoms with E-state index in [1.807, 2.05) is 55.7 Å². The van der Waals surface area contributed by atoms with Crippen LogP contribution in [0.25, 0.3) is 0 Å². The molecule has 1 aromatic carbocycles. The number of ether oxygens (including phenoxy) is 1. The molecule has 0 unspecified atom stereocenters. The monoisotopic (exact) mass is 338 g/mol. The van der Waals surface area contributed by atoms with Crippen molar-refractivity contribution in [3.63, 3.8) is 0 Å². The van der Waals surface area contributed by atoms with Crippen LogP contribution < -0.4 is 5.32 Å². The van der Waals surface area contributed by atoms with Crippen LogP contribution in [-0.4, -0.2) is 17.2 Å². The molecule has 4 rings (SSSR count). The number of pyridine rings is 1. The number of hydrogen-bond acceptors (Lipinski definition) is 3. The number of carbonyl (C=O) groups is 1. The van der Waals surface area contributed by atoms with E-state index in [1.165, 1.54) is 37.7 Å². The second kappa shape index (κ2) is 8.65. The third kappa shape index (κ3) is 4.81. The van der Waals surface area contributed by atoms with Gasteiger partial charge in [0.25, 0.3) is 0 Å². The zero-order valence-electron chi connectivity index (χ0n) is 14.7. The van der Waals surface area contributed by atoms with Gasteiger partial charge in [0.2, 0.25) is 0 Å². The Morgan fingerprint density at radius 1 is 1.00 bits per heavy atom. The number of alkyl carbamates (subject to hydrolysis) is 1. The molecular weight excluding hydrogens is 312 g/mol. The second-order valence-electron chi connectivity index (χ2n) is 6.76. The highest BCUT2D eigenvalue weighted by atomic mass is 16.6. The number of carbonyl (C=O) groups excluding carboxylic acids is 1. The van der Waals surface area contributed by atoms with Gasteiger partial charge < -0.3 is 10.1 Å². The van der Waals surface area contributed by atoms with Crippen LogP contribution >= 0.6 is 0 Å². The highest BCUT2D eigenvalue weighted by Crippen LogP contribution is 2.31. The fraction of sp³-hybridized carbons (Fsp3) is 0.429. The summed E-state index contributed by atoms with van der Waals surface area (Å²) in [4.78, 5) is 15.1. The van der Waals surface area contributed by atoms with E-state index in [9.17, 15) is 4.79 Å². The van der Waals surface area contributed by atoms with Gasteiger partial charge in [0.15, 0.2) is 0 Å². The maximum absolute atomic E-state index is 10.9. The molecule has 1 N–H and O–H groups in total. The molecule has 1 saturated carbocycles. The predicted molar refractivity (Wildman–Crippen MR) is 98.3 cm³/mol. The van der Waals surface area contributed by atoms with Gasteiger partial charge in [-0.05, 0) is 42.9 Å². The van der Waals surface area contributed by atoms with Crippen molar-refractivity contribution >= 4 is 6.09 Å². The second-order valence-corrected chi connectivity index (χ2v) is 6.76. The van der Waals surface area contributed by atoms with E-state index in [1.54, 1.807) is 0 Å². The van der Waals surface area contributed by atoms with Crippen LogP contribution in [0, 0.1) is 0 Å². The van der Waals surface area contributed by atoms with Crippen LogP contribution in [0.5, 0.6) is 0 Å². The first-order chi connectivity index (χ1) is 12.2. The highest BCUT2D eigenvalue weighted by molar-refractivity contribution is 5.70. The van der Waals surface area contributed by atoms with E-state index in [-0.39, 0.29) is 18.2 Å². The van der Waals surface area contributed by atoms with Gasteiger partial charge in [0.05, 0.1) is 6.04 Å². The van der Waals surface area contributed by atoms with Crippen LogP contribution in [0.4, 0.5) is 4.79 Å². The quantitative estimate of drug-likeness (QED) is 0.839. The molecule has 132 valence electrons. The first-order valence-corrected chi connectivity index (χ1v) is 9.16. The van der Waals surface area contributed by atoms with E-state index in [4.69, 9.17) is 4.74 Å². The molecule has 4 nitrogen and oxygen atoms in total. The largest absolute Gasteiger partial charge is 0.444 e. The van der Waals surface area contributed by atoms with Gasteiger partial charge in [-0.3, -0.25) is 4.98 Å². The summed E-state index contributed by atoms with van der Waals surface area (Å²) in [5.74, 6) is 0.799. The number of hydrogen-bond donors (Lipinski definition) is 1. The standard InChI is InChI=1S/C11H15N.C10H11NO2/c1-2-5-10(6-3-1)11-7-4-8-12-9-11;1-7-9(11-10(12)13-7)8-5-3-2-4-6-8/h4,7-10H,1-3,5-6H2;2-7,9H,1H3,(H,11,12)/t;7-,9-/m.1/s1. The lowest BCUT2D eigenvalue weighted by molar-refractivity contribution is 0.141. The van der Waals surface area contributed by atoms with Crippen LogP contribution in [0.2, 0.25) is 0 Å². The molecule has 4 heteroatoms. The fourth-order valence-corrected chi connectivity index (χ4v) is 3.58. The van der Waals surface area contributed by atoms with Crippen molar-refractivity contribution in [2.45, 2.75) is 57.1 Å². The number of rotatable bonds is 2. The summed E-state index contributed by atoms with van der Waals surface area (Å²) in [6, 6.07) is 14.1. The van der Waals surface area contributed by atoms with Crippen LogP contribution in [0.15, 0.2) is 54.9 Å². The molecule has 2 aliphatic rings. The highest BCUT2D eigenvalue weighted by Gasteiger charge is 2.31. The SMILES string of the molecule is C[C@H]1OC(=O)N[C@H]1c1ccccc1.c1cncc(C2CCCCC2)c1. The molecule has 1 aliphatic carbocycles. The van der Waals surface area contributed by atoms with Gasteiger partial charge in [0, 0.05) is 12.4 Å². The van der Waals surface area contributed by atoms with Gasteiger partial charge in [0.1, 0.15) is 6.10 Å². The molecule has 1 amide bonds. The molecule has 0 bridgehead atoms. The summed E-state index contributed by atoms with van der Waals surface area (Å²) in [5.41, 5.74) is 2.53. The van der Waals surface area contributed by atoms with E-state index in [0.717, 1.165) is 11.5 Å². The third-order valence-electron chi connectivity index (χ3n) is 4.96. The molecular formula is C21H26N2O2. The smallest absolute Gasteiger partial charge is 0.408 e. The van der Waals surface area contributed by atoms with E-state index >= 15 is 0 Å². The lowest BCUT2D eigenvalue weighted by Crippen LogP contribution is -2.20. The summed E-state index contributed by atoms with van der Waals surface area (Å²) < 4.78 is 4.98. The number of nitrogens with zero attached hydrogens (tertiary/aromatic N) is 1. The maximum atomic E-state index is 10.9. The molecule has 0 radical (unpaired) electrons. The Bertz CT molecular complexity index is 654. The summed E-state index contributed by atoms with van der Waals surface area (Å²) >= 11 is 0. The van der Waals surface area contributed by atoms with Crippen molar-refractivity contribution in [2.24, 2.45) is 0 Å². The van der Waals surface area contributed by atoms with Gasteiger partial charge in [-0.15, -0.1) is 0 Å². The van der Waals surface area contributed by atoms with Crippen LogP contribution in [0.3, 0.4) is 0 Å². The molecule has 2 aromatic rings. The van der Waals surface area contributed by atoms with Crippen molar-refractivity contribution in [2.75, 3.05) is 0 Å². The lowest BCUT2D eigenvalue weighted by atomic mass is 9.85. The van der Waals surface area contributed by atoms with Crippen molar-refractivity contribution < 1.29 is 9.53 Å². The van der Waals surface area contributed by atoms with Gasteiger partial charge in [-0.25, -0.2) is 4.79 Å². The van der Waals surface area contributed by atoms with Gasteiger partial charge in [-0.2, -0.15) is 0 Å². The van der Waals surface area contributed by atoms with Crippen molar-refractivity contribution in [3.8, 4) is 0 Å². The number of cyclic esters (lactones) is 1. The maximum Gasteiger partial charge on any atom is 0.408 e. The lowest BCUT2D eigenvalue weighted by Gasteiger charge is -2.21. The van der Waals surface area contributed by atoms with Gasteiger partial charge >= 0.3 is 6.09 Å². The Labute approximate surface area is 149 Å². The number of aromatic nitrogens is 1. The number of amides is 1. The van der Waals surface area contributed by atoms with E-state index in [2.05, 4.69) is 16.4 Å². The third-order valence-corrected chi connectivity index (χ3v) is 4.96. The fourth-order valence-electron chi connectivity index (χ4n) is 3.58. The van der Waals surface area contributed by atoms with Gasteiger partial charge in [-0.1, -0.05) is 55.7 Å². The van der Waals surface area contributed by atoms with Crippen molar-refractivity contribution in [3.05, 3.63) is 66.0 Å². The molecule has 1 aromatic heterocycles. The Hall–Kier alpha value is -2.36. The zero-order chi connectivity index (χ0) is 17.5. The normalized spacial score (nSPS) is 23.2. The minimum absolute atomic E-state index is 0.00583. The molecule has 2 fully saturated rings. The number of nitrogens with one attached hydrogen (secondary N) is 1. The van der Waals surface area contributed by atoms with Crippen LogP contribution in [0.1, 0.15) is 62.1 Å². The van der Waals surface area contributed by atoms with Crippen molar-refractivity contribution in [1.82, 2.24) is 10.3 Å². The minimum atomic E-state index is -0.332. The summed E-state index contributed by atoms with van der Waals surface area (Å²) in [6.45, 7) is 1.88. The van der Waals surface area contributed by atoms with Crippen molar-refractivity contribution in [1.29, 1.82) is 0 Å². The molecule has 2 heterocycles. The number of benzene rings is 1. The molecule has 0 spiro atoms. The summed E-state index contributed by atoms with van der Waals surface area (Å²) in [6.07, 6.45) is 10.4. The average Bonchev–Trinajstić information content (AvgIpc) is 3.03. The Morgan fingerprint density at radius 2 is 1.72 bits per heavy atom. The Morgan fingerprint density at radius 3 is 2.32 bits per heavy atom. The predicted octanol–water partition coefficient (Wildman–Crippen LogP) is 4.99.